The van der Waals surface area contributed by atoms with E-state index in [1.54, 1.807) is 0 Å². The Morgan fingerprint density at radius 2 is 2.22 bits per heavy atom. The predicted octanol–water partition coefficient (Wildman–Crippen LogP) is 2.59. The summed E-state index contributed by atoms with van der Waals surface area (Å²) in [6, 6.07) is 4.67. The quantitative estimate of drug-likeness (QED) is 0.907. The second-order valence-electron chi connectivity index (χ2n) is 4.94. The minimum atomic E-state index is 0.190. The van der Waals surface area contributed by atoms with Gasteiger partial charge in [0.05, 0.1) is 13.2 Å². The minimum absolute atomic E-state index is 0.190. The maximum absolute atomic E-state index is 9.13. The highest BCUT2D eigenvalue weighted by Gasteiger charge is 2.20. The van der Waals surface area contributed by atoms with Crippen LogP contribution in [0.4, 0.5) is 0 Å². The van der Waals surface area contributed by atoms with E-state index in [1.165, 1.54) is 11.1 Å². The second kappa shape index (κ2) is 6.04. The third-order valence-electron chi connectivity index (χ3n) is 3.32. The third-order valence-corrected chi connectivity index (χ3v) is 3.77. The molecule has 1 aromatic carbocycles. The predicted molar refractivity (Wildman–Crippen MR) is 76.0 cm³/mol. The summed E-state index contributed by atoms with van der Waals surface area (Å²) >= 11 is 3.56. The van der Waals surface area contributed by atoms with Gasteiger partial charge in [-0.05, 0) is 31.5 Å². The average molecular weight is 314 g/mol. The molecule has 1 aliphatic rings. The van der Waals surface area contributed by atoms with Crippen molar-refractivity contribution in [2.24, 2.45) is 0 Å². The Kier molecular flexibility index (Phi) is 4.65. The molecule has 0 aliphatic carbocycles. The van der Waals surface area contributed by atoms with Gasteiger partial charge < -0.3 is 9.84 Å². The molecule has 0 amide bonds. The second-order valence-corrected chi connectivity index (χ2v) is 5.86. The summed E-state index contributed by atoms with van der Waals surface area (Å²) in [4.78, 5) is 2.25. The van der Waals surface area contributed by atoms with Crippen molar-refractivity contribution in [3.8, 4) is 5.75 Å². The van der Waals surface area contributed by atoms with E-state index in [1.807, 2.05) is 0 Å². The summed E-state index contributed by atoms with van der Waals surface area (Å²) in [7, 11) is 0. The third kappa shape index (κ3) is 3.05. The molecule has 1 N–H and O–H groups in total. The van der Waals surface area contributed by atoms with Gasteiger partial charge in [-0.2, -0.15) is 0 Å². The first-order chi connectivity index (χ1) is 8.61. The first-order valence-corrected chi connectivity index (χ1v) is 7.20. The number of nitrogens with zero attached hydrogens (tertiary/aromatic N) is 1. The fraction of sp³-hybridized carbons (Fsp3) is 0.571. The molecule has 2 rings (SSSR count). The zero-order valence-electron chi connectivity index (χ0n) is 10.9. The van der Waals surface area contributed by atoms with Crippen molar-refractivity contribution in [3.05, 3.63) is 27.7 Å². The number of aliphatic hydroxyl groups excluding tert-OH is 1. The highest BCUT2D eigenvalue weighted by atomic mass is 79.9. The lowest BCUT2D eigenvalue weighted by Crippen LogP contribution is -2.33. The molecule has 1 heterocycles. The van der Waals surface area contributed by atoms with Gasteiger partial charge in [-0.1, -0.05) is 15.9 Å². The summed E-state index contributed by atoms with van der Waals surface area (Å²) in [5.41, 5.74) is 2.49. The minimum Gasteiger partial charge on any atom is -0.493 e. The molecule has 0 saturated heterocycles. The molecule has 0 radical (unpaired) electrons. The molecule has 0 saturated carbocycles. The monoisotopic (exact) mass is 313 g/mol. The smallest absolute Gasteiger partial charge is 0.127 e. The van der Waals surface area contributed by atoms with E-state index in [2.05, 4.69) is 46.8 Å². The molecule has 0 fully saturated rings. The highest BCUT2D eigenvalue weighted by Crippen LogP contribution is 2.33. The van der Waals surface area contributed by atoms with Crippen LogP contribution < -0.4 is 4.74 Å². The molecule has 0 aromatic heterocycles. The standard InChI is InChI=1S/C14H20BrNO2/c1-10(2)16(4-5-17)9-12-8-13(15)7-11-3-6-18-14(11)12/h7-8,10,17H,3-6,9H2,1-2H3. The Hall–Kier alpha value is -0.580. The number of fused-ring (bicyclic) bond motifs is 1. The van der Waals surface area contributed by atoms with E-state index in [4.69, 9.17) is 9.84 Å². The van der Waals surface area contributed by atoms with Gasteiger partial charge in [-0.25, -0.2) is 0 Å². The van der Waals surface area contributed by atoms with Crippen LogP contribution >= 0.6 is 15.9 Å². The Balaban J connectivity index is 2.22. The van der Waals surface area contributed by atoms with Gasteiger partial charge in [0.25, 0.3) is 0 Å². The average Bonchev–Trinajstić information content (AvgIpc) is 2.76. The molecule has 1 aliphatic heterocycles. The topological polar surface area (TPSA) is 32.7 Å². The number of rotatable bonds is 5. The van der Waals surface area contributed by atoms with E-state index in [9.17, 15) is 0 Å². The summed E-state index contributed by atoms with van der Waals surface area (Å²) in [6.45, 7) is 6.78. The number of benzene rings is 1. The van der Waals surface area contributed by atoms with Crippen LogP contribution in [0.2, 0.25) is 0 Å². The molecule has 3 nitrogen and oxygen atoms in total. The molecule has 0 bridgehead atoms. The van der Waals surface area contributed by atoms with E-state index in [0.717, 1.165) is 29.8 Å². The lowest BCUT2D eigenvalue weighted by atomic mass is 10.1. The van der Waals surface area contributed by atoms with Crippen LogP contribution in [0.5, 0.6) is 5.75 Å². The van der Waals surface area contributed by atoms with Gasteiger partial charge >= 0.3 is 0 Å². The largest absolute Gasteiger partial charge is 0.493 e. The summed E-state index contributed by atoms with van der Waals surface area (Å²) in [5, 5.41) is 9.13. The first kappa shape index (κ1) is 13.8. The molecule has 4 heteroatoms. The van der Waals surface area contributed by atoms with Gasteiger partial charge in [0.2, 0.25) is 0 Å². The zero-order valence-corrected chi connectivity index (χ0v) is 12.5. The zero-order chi connectivity index (χ0) is 13.1. The van der Waals surface area contributed by atoms with Crippen molar-refractivity contribution in [1.82, 2.24) is 4.90 Å². The van der Waals surface area contributed by atoms with E-state index < -0.39 is 0 Å². The van der Waals surface area contributed by atoms with E-state index in [0.29, 0.717) is 12.6 Å². The molecule has 18 heavy (non-hydrogen) atoms. The lowest BCUT2D eigenvalue weighted by molar-refractivity contribution is 0.158. The summed E-state index contributed by atoms with van der Waals surface area (Å²) < 4.78 is 6.84. The van der Waals surface area contributed by atoms with Gasteiger partial charge in [0.1, 0.15) is 5.75 Å². The van der Waals surface area contributed by atoms with Crippen LogP contribution in [-0.4, -0.2) is 35.8 Å². The normalized spacial score (nSPS) is 14.1. The molecular weight excluding hydrogens is 294 g/mol. The van der Waals surface area contributed by atoms with Gasteiger partial charge in [0, 0.05) is 35.6 Å². The van der Waals surface area contributed by atoms with Crippen molar-refractivity contribution in [2.75, 3.05) is 19.8 Å². The highest BCUT2D eigenvalue weighted by molar-refractivity contribution is 9.10. The van der Waals surface area contributed by atoms with Crippen LogP contribution in [0.3, 0.4) is 0 Å². The van der Waals surface area contributed by atoms with E-state index >= 15 is 0 Å². The number of hydrogen-bond acceptors (Lipinski definition) is 3. The van der Waals surface area contributed by atoms with Gasteiger partial charge in [0.15, 0.2) is 0 Å². The maximum atomic E-state index is 9.13. The van der Waals surface area contributed by atoms with Crippen molar-refractivity contribution < 1.29 is 9.84 Å². The van der Waals surface area contributed by atoms with Crippen LogP contribution in [-0.2, 0) is 13.0 Å². The van der Waals surface area contributed by atoms with Crippen molar-refractivity contribution in [2.45, 2.75) is 32.9 Å². The number of aliphatic hydroxyl groups is 1. The van der Waals surface area contributed by atoms with Crippen LogP contribution in [0, 0.1) is 0 Å². The maximum Gasteiger partial charge on any atom is 0.127 e. The molecule has 0 spiro atoms. The van der Waals surface area contributed by atoms with Crippen LogP contribution in [0.25, 0.3) is 0 Å². The lowest BCUT2D eigenvalue weighted by Gasteiger charge is -2.26. The number of hydrogen-bond donors (Lipinski definition) is 1. The van der Waals surface area contributed by atoms with Crippen LogP contribution in [0.1, 0.15) is 25.0 Å². The number of ether oxygens (including phenoxy) is 1. The Morgan fingerprint density at radius 3 is 2.89 bits per heavy atom. The first-order valence-electron chi connectivity index (χ1n) is 6.41. The molecule has 1 aromatic rings. The van der Waals surface area contributed by atoms with Gasteiger partial charge in [-0.15, -0.1) is 0 Å². The van der Waals surface area contributed by atoms with Crippen molar-refractivity contribution >= 4 is 15.9 Å². The van der Waals surface area contributed by atoms with Crippen LogP contribution in [0.15, 0.2) is 16.6 Å². The fourth-order valence-electron chi connectivity index (χ4n) is 2.33. The fourth-order valence-corrected chi connectivity index (χ4v) is 2.88. The van der Waals surface area contributed by atoms with Gasteiger partial charge in [-0.3, -0.25) is 4.90 Å². The Labute approximate surface area is 117 Å². The SMILES string of the molecule is CC(C)N(CCO)Cc1cc(Br)cc2c1OCC2. The van der Waals surface area contributed by atoms with Crippen molar-refractivity contribution in [3.63, 3.8) is 0 Å². The van der Waals surface area contributed by atoms with Crippen molar-refractivity contribution in [1.29, 1.82) is 0 Å². The summed E-state index contributed by atoms with van der Waals surface area (Å²) in [5.74, 6) is 1.04. The number of halogens is 1. The molecule has 0 atom stereocenters. The summed E-state index contributed by atoms with van der Waals surface area (Å²) in [6.07, 6.45) is 0.990. The molecular formula is C14H20BrNO2. The molecule has 100 valence electrons. The molecule has 0 unspecified atom stereocenters. The van der Waals surface area contributed by atoms with E-state index in [-0.39, 0.29) is 6.61 Å². The Bertz CT molecular complexity index is 421. The Morgan fingerprint density at radius 1 is 1.44 bits per heavy atom.